The molecule has 2 aromatic carbocycles. The second-order valence-electron chi connectivity index (χ2n) is 7.94. The fourth-order valence-electron chi connectivity index (χ4n) is 3.61. The fraction of sp³-hybridized carbons (Fsp3) is 0.417. The Morgan fingerprint density at radius 1 is 1.10 bits per heavy atom. The minimum absolute atomic E-state index is 0.0827. The normalized spacial score (nSPS) is 16.7. The summed E-state index contributed by atoms with van der Waals surface area (Å²) in [5, 5.41) is 2.92. The molecule has 0 spiro atoms. The smallest absolute Gasteiger partial charge is 0.242 e. The number of amides is 2. The molecule has 30 heavy (non-hydrogen) atoms. The van der Waals surface area contributed by atoms with E-state index in [2.05, 4.69) is 5.32 Å². The summed E-state index contributed by atoms with van der Waals surface area (Å²) in [7, 11) is 0. The zero-order chi connectivity index (χ0) is 21.5. The Morgan fingerprint density at radius 2 is 1.77 bits per heavy atom. The molecular formula is C24H29FN2O3. The lowest BCUT2D eigenvalue weighted by molar-refractivity contribution is -0.140. The summed E-state index contributed by atoms with van der Waals surface area (Å²) in [5.41, 5.74) is 1.65. The molecule has 0 aliphatic carbocycles. The van der Waals surface area contributed by atoms with Crippen LogP contribution in [0, 0.1) is 5.82 Å². The van der Waals surface area contributed by atoms with Gasteiger partial charge in [0.05, 0.1) is 12.5 Å². The van der Waals surface area contributed by atoms with E-state index < -0.39 is 6.04 Å². The number of rotatable bonds is 7. The number of hydrogen-bond donors (Lipinski definition) is 1. The maximum absolute atomic E-state index is 13.2. The second kappa shape index (κ2) is 10.2. The van der Waals surface area contributed by atoms with Gasteiger partial charge < -0.3 is 15.0 Å². The molecule has 0 aromatic heterocycles. The summed E-state index contributed by atoms with van der Waals surface area (Å²) in [5.74, 6) is 0.172. The molecule has 2 aromatic rings. The molecule has 1 aliphatic rings. The third kappa shape index (κ3) is 6.05. The molecule has 3 rings (SSSR count). The van der Waals surface area contributed by atoms with Gasteiger partial charge in [0.15, 0.2) is 0 Å². The third-order valence-corrected chi connectivity index (χ3v) is 5.12. The molecule has 5 nitrogen and oxygen atoms in total. The first-order chi connectivity index (χ1) is 14.4. The van der Waals surface area contributed by atoms with Crippen molar-refractivity contribution in [1.82, 2.24) is 10.2 Å². The molecule has 0 saturated carbocycles. The van der Waals surface area contributed by atoms with Gasteiger partial charge in [-0.15, -0.1) is 0 Å². The van der Waals surface area contributed by atoms with E-state index in [9.17, 15) is 14.0 Å². The Labute approximate surface area is 177 Å². The minimum Gasteiger partial charge on any atom is -0.491 e. The molecule has 6 heteroatoms. The maximum atomic E-state index is 13.2. The molecular weight excluding hydrogens is 383 g/mol. The SMILES string of the molecule is CC(C)Oc1ccc(CN(C(=O)Cc2ccc(F)cc2)[C@H]2CCCCNC2=O)cc1. The van der Waals surface area contributed by atoms with Crippen LogP contribution in [0.25, 0.3) is 0 Å². The molecule has 1 heterocycles. The van der Waals surface area contributed by atoms with E-state index in [0.717, 1.165) is 29.7 Å². The van der Waals surface area contributed by atoms with Crippen molar-refractivity contribution in [2.75, 3.05) is 6.54 Å². The molecule has 1 aliphatic heterocycles. The predicted octanol–water partition coefficient (Wildman–Crippen LogP) is 3.85. The summed E-state index contributed by atoms with van der Waals surface area (Å²) in [6.45, 7) is 4.90. The quantitative estimate of drug-likeness (QED) is 0.751. The van der Waals surface area contributed by atoms with E-state index in [0.29, 0.717) is 19.5 Å². The van der Waals surface area contributed by atoms with Gasteiger partial charge in [-0.25, -0.2) is 4.39 Å². The number of nitrogens with one attached hydrogen (secondary N) is 1. The number of halogens is 1. The Hall–Kier alpha value is -2.89. The van der Waals surface area contributed by atoms with Gasteiger partial charge in [0, 0.05) is 13.1 Å². The highest BCUT2D eigenvalue weighted by Gasteiger charge is 2.30. The van der Waals surface area contributed by atoms with Gasteiger partial charge in [0.2, 0.25) is 11.8 Å². The lowest BCUT2D eigenvalue weighted by Gasteiger charge is -2.30. The highest BCUT2D eigenvalue weighted by atomic mass is 19.1. The number of nitrogens with zero attached hydrogens (tertiary/aromatic N) is 1. The predicted molar refractivity (Wildman–Crippen MR) is 114 cm³/mol. The monoisotopic (exact) mass is 412 g/mol. The van der Waals surface area contributed by atoms with Gasteiger partial charge in [-0.05, 0) is 68.5 Å². The van der Waals surface area contributed by atoms with E-state index in [-0.39, 0.29) is 30.2 Å². The van der Waals surface area contributed by atoms with E-state index in [1.165, 1.54) is 12.1 Å². The lowest BCUT2D eigenvalue weighted by Crippen LogP contribution is -2.48. The molecule has 1 atom stereocenters. The van der Waals surface area contributed by atoms with Crippen LogP contribution in [0.4, 0.5) is 4.39 Å². The van der Waals surface area contributed by atoms with Crippen molar-refractivity contribution in [1.29, 1.82) is 0 Å². The fourth-order valence-corrected chi connectivity index (χ4v) is 3.61. The number of benzene rings is 2. The van der Waals surface area contributed by atoms with Crippen molar-refractivity contribution in [3.8, 4) is 5.75 Å². The second-order valence-corrected chi connectivity index (χ2v) is 7.94. The van der Waals surface area contributed by atoms with Crippen molar-refractivity contribution in [3.05, 3.63) is 65.5 Å². The average molecular weight is 413 g/mol. The van der Waals surface area contributed by atoms with Crippen LogP contribution < -0.4 is 10.1 Å². The first-order valence-corrected chi connectivity index (χ1v) is 10.5. The van der Waals surface area contributed by atoms with Gasteiger partial charge in [0.25, 0.3) is 0 Å². The summed E-state index contributed by atoms with van der Waals surface area (Å²) in [4.78, 5) is 27.5. The van der Waals surface area contributed by atoms with Crippen LogP contribution in [0.1, 0.15) is 44.2 Å². The van der Waals surface area contributed by atoms with Crippen molar-refractivity contribution in [2.24, 2.45) is 0 Å². The molecule has 0 bridgehead atoms. The Balaban J connectivity index is 1.80. The van der Waals surface area contributed by atoms with Crippen LogP contribution in [0.2, 0.25) is 0 Å². The van der Waals surface area contributed by atoms with Crippen molar-refractivity contribution in [2.45, 2.75) is 58.2 Å². The number of carbonyl (C=O) groups is 2. The number of carbonyl (C=O) groups excluding carboxylic acids is 2. The minimum atomic E-state index is -0.507. The third-order valence-electron chi connectivity index (χ3n) is 5.12. The Bertz CT molecular complexity index is 850. The van der Waals surface area contributed by atoms with Crippen LogP contribution in [0.3, 0.4) is 0 Å². The van der Waals surface area contributed by atoms with E-state index in [4.69, 9.17) is 4.74 Å². The van der Waals surface area contributed by atoms with Crippen LogP contribution >= 0.6 is 0 Å². The van der Waals surface area contributed by atoms with Crippen LogP contribution in [0.5, 0.6) is 5.75 Å². The van der Waals surface area contributed by atoms with Crippen LogP contribution in [0.15, 0.2) is 48.5 Å². The molecule has 160 valence electrons. The summed E-state index contributed by atoms with van der Waals surface area (Å²) < 4.78 is 18.9. The maximum Gasteiger partial charge on any atom is 0.242 e. The van der Waals surface area contributed by atoms with Gasteiger partial charge in [-0.2, -0.15) is 0 Å². The first-order valence-electron chi connectivity index (χ1n) is 10.5. The van der Waals surface area contributed by atoms with Gasteiger partial charge >= 0.3 is 0 Å². The Morgan fingerprint density at radius 3 is 2.43 bits per heavy atom. The largest absolute Gasteiger partial charge is 0.491 e. The van der Waals surface area contributed by atoms with E-state index >= 15 is 0 Å². The number of ether oxygens (including phenoxy) is 1. The van der Waals surface area contributed by atoms with Crippen molar-refractivity contribution in [3.63, 3.8) is 0 Å². The molecule has 1 saturated heterocycles. The van der Waals surface area contributed by atoms with Gasteiger partial charge in [0.1, 0.15) is 17.6 Å². The molecule has 1 N–H and O–H groups in total. The zero-order valence-corrected chi connectivity index (χ0v) is 17.6. The van der Waals surface area contributed by atoms with Crippen LogP contribution in [-0.4, -0.2) is 35.4 Å². The average Bonchev–Trinajstić information content (AvgIpc) is 2.93. The van der Waals surface area contributed by atoms with Crippen molar-refractivity contribution < 1.29 is 18.7 Å². The molecule has 2 amide bonds. The van der Waals surface area contributed by atoms with Crippen LogP contribution in [-0.2, 0) is 22.6 Å². The zero-order valence-electron chi connectivity index (χ0n) is 17.6. The lowest BCUT2D eigenvalue weighted by atomic mass is 10.0. The highest BCUT2D eigenvalue weighted by Crippen LogP contribution is 2.20. The molecule has 1 fully saturated rings. The highest BCUT2D eigenvalue weighted by molar-refractivity contribution is 5.88. The van der Waals surface area contributed by atoms with E-state index in [1.54, 1.807) is 17.0 Å². The summed E-state index contributed by atoms with van der Waals surface area (Å²) in [6, 6.07) is 13.0. The van der Waals surface area contributed by atoms with E-state index in [1.807, 2.05) is 38.1 Å². The Kier molecular flexibility index (Phi) is 7.44. The molecule has 0 unspecified atom stereocenters. The summed E-state index contributed by atoms with van der Waals surface area (Å²) in [6.07, 6.45) is 2.63. The number of hydrogen-bond acceptors (Lipinski definition) is 3. The standard InChI is InChI=1S/C24H29FN2O3/c1-17(2)30-21-12-8-19(9-13-21)16-27(22-5-3-4-14-26-24(22)29)23(28)15-18-6-10-20(25)11-7-18/h6-13,17,22H,3-5,14-16H2,1-2H3,(H,26,29)/t22-/m0/s1. The van der Waals surface area contributed by atoms with Crippen molar-refractivity contribution >= 4 is 11.8 Å². The topological polar surface area (TPSA) is 58.6 Å². The van der Waals surface area contributed by atoms with Gasteiger partial charge in [-0.3, -0.25) is 9.59 Å². The van der Waals surface area contributed by atoms with Gasteiger partial charge in [-0.1, -0.05) is 24.3 Å². The summed E-state index contributed by atoms with van der Waals surface area (Å²) >= 11 is 0. The first kappa shape index (κ1) is 21.8. The molecule has 0 radical (unpaired) electrons.